The molecule has 0 spiro atoms. The number of esters is 2. The first-order chi connectivity index (χ1) is 22.6. The van der Waals surface area contributed by atoms with Gasteiger partial charge in [-0.05, 0) is 83.5 Å². The minimum atomic E-state index is -0.805. The maximum atomic E-state index is 12.1. The van der Waals surface area contributed by atoms with Crippen LogP contribution in [-0.4, -0.2) is 36.4 Å². The molecule has 0 amide bonds. The fourth-order valence-corrected chi connectivity index (χ4v) is 4.44. The Morgan fingerprint density at radius 2 is 0.957 bits per heavy atom. The summed E-state index contributed by atoms with van der Waals surface area (Å²) < 4.78 is 10.5. The number of aliphatic hydroxyl groups excluding tert-OH is 1. The van der Waals surface area contributed by atoms with Crippen molar-refractivity contribution in [1.29, 1.82) is 0 Å². The molecule has 0 saturated carbocycles. The van der Waals surface area contributed by atoms with Gasteiger partial charge in [-0.1, -0.05) is 131 Å². The van der Waals surface area contributed by atoms with Gasteiger partial charge in [-0.25, -0.2) is 0 Å². The van der Waals surface area contributed by atoms with E-state index in [1.165, 1.54) is 32.1 Å². The van der Waals surface area contributed by atoms with Crippen molar-refractivity contribution in [3.8, 4) is 0 Å². The van der Waals surface area contributed by atoms with Crippen molar-refractivity contribution >= 4 is 11.9 Å². The van der Waals surface area contributed by atoms with Gasteiger partial charge in [-0.15, -0.1) is 0 Å². The Balaban J connectivity index is 3.74. The van der Waals surface area contributed by atoms with Gasteiger partial charge in [0.1, 0.15) is 6.61 Å². The molecular weight excluding hydrogens is 572 g/mol. The minimum Gasteiger partial charge on any atom is -0.462 e. The Kier molecular flexibility index (Phi) is 34.2. The average molecular weight is 639 g/mol. The lowest BCUT2D eigenvalue weighted by molar-refractivity contribution is -0.161. The Bertz CT molecular complexity index is 906. The Morgan fingerprint density at radius 3 is 1.48 bits per heavy atom. The van der Waals surface area contributed by atoms with Crippen molar-refractivity contribution in [2.45, 2.75) is 148 Å². The normalized spacial score (nSPS) is 13.2. The summed E-state index contributed by atoms with van der Waals surface area (Å²) in [6, 6.07) is 0. The molecule has 0 aromatic rings. The summed E-state index contributed by atoms with van der Waals surface area (Å²) in [6.07, 6.45) is 49.2. The molecular formula is C41H66O5. The SMILES string of the molecule is CC/C=C\C/C=C\C/C=C\C/C=C\C/C=C\CCCC(=O)OC[C@H](CO)OC(=O)CCCCCCC/C=C\C/C=C\CCCCC. The number of hydrogen-bond donors (Lipinski definition) is 1. The van der Waals surface area contributed by atoms with E-state index < -0.39 is 6.10 Å². The summed E-state index contributed by atoms with van der Waals surface area (Å²) in [5, 5.41) is 9.52. The highest BCUT2D eigenvalue weighted by atomic mass is 16.6. The monoisotopic (exact) mass is 638 g/mol. The van der Waals surface area contributed by atoms with Crippen LogP contribution in [0.2, 0.25) is 0 Å². The van der Waals surface area contributed by atoms with E-state index in [0.717, 1.165) is 77.0 Å². The number of hydrogen-bond acceptors (Lipinski definition) is 5. The quantitative estimate of drug-likeness (QED) is 0.0465. The number of allylic oxidation sites excluding steroid dienone is 14. The molecule has 0 rings (SSSR count). The number of rotatable bonds is 31. The van der Waals surface area contributed by atoms with Gasteiger partial charge in [-0.2, -0.15) is 0 Å². The van der Waals surface area contributed by atoms with Gasteiger partial charge < -0.3 is 14.6 Å². The molecule has 1 atom stereocenters. The van der Waals surface area contributed by atoms with Crippen LogP contribution in [0.15, 0.2) is 85.1 Å². The summed E-state index contributed by atoms with van der Waals surface area (Å²) >= 11 is 0. The Hall–Kier alpha value is -2.92. The molecule has 0 aromatic carbocycles. The fourth-order valence-electron chi connectivity index (χ4n) is 4.44. The van der Waals surface area contributed by atoms with Crippen molar-refractivity contribution < 1.29 is 24.2 Å². The van der Waals surface area contributed by atoms with Crippen molar-refractivity contribution in [3.63, 3.8) is 0 Å². The first kappa shape index (κ1) is 43.1. The van der Waals surface area contributed by atoms with Crippen LogP contribution in [0.25, 0.3) is 0 Å². The molecule has 260 valence electrons. The second-order valence-electron chi connectivity index (χ2n) is 11.6. The lowest BCUT2D eigenvalue weighted by atomic mass is 10.1. The third-order valence-electron chi connectivity index (χ3n) is 7.17. The molecule has 0 aliphatic carbocycles. The second kappa shape index (κ2) is 36.5. The average Bonchev–Trinajstić information content (AvgIpc) is 3.06. The zero-order valence-corrected chi connectivity index (χ0v) is 29.3. The summed E-state index contributed by atoms with van der Waals surface area (Å²) in [6.45, 7) is 3.91. The van der Waals surface area contributed by atoms with E-state index in [-0.39, 0.29) is 25.2 Å². The van der Waals surface area contributed by atoms with Crippen LogP contribution in [0.4, 0.5) is 0 Å². The predicted molar refractivity (Wildman–Crippen MR) is 196 cm³/mol. The number of aliphatic hydroxyl groups is 1. The highest BCUT2D eigenvalue weighted by molar-refractivity contribution is 5.70. The first-order valence-corrected chi connectivity index (χ1v) is 18.1. The standard InChI is InChI=1S/C41H66O5/c1-3-5-7-9-11-13-15-17-19-20-22-23-25-27-29-31-33-35-40(43)45-38-39(37-42)46-41(44)36-34-32-30-28-26-24-21-18-16-14-12-10-8-6-4-2/h5,7,11-14,17-19,21-23,27,29,39,42H,3-4,6,8-10,15-16,20,24-26,28,30-38H2,1-2H3/b7-5-,13-11-,14-12-,19-17-,21-18-,23-22-,29-27-/t39-/m0/s1. The maximum absolute atomic E-state index is 12.1. The van der Waals surface area contributed by atoms with Crippen molar-refractivity contribution in [3.05, 3.63) is 85.1 Å². The lowest BCUT2D eigenvalue weighted by Gasteiger charge is -2.15. The number of carbonyl (C=O) groups is 2. The molecule has 5 nitrogen and oxygen atoms in total. The van der Waals surface area contributed by atoms with E-state index in [1.54, 1.807) is 0 Å². The van der Waals surface area contributed by atoms with E-state index in [0.29, 0.717) is 19.3 Å². The third-order valence-corrected chi connectivity index (χ3v) is 7.17. The minimum absolute atomic E-state index is 0.106. The highest BCUT2D eigenvalue weighted by Gasteiger charge is 2.15. The molecule has 46 heavy (non-hydrogen) atoms. The van der Waals surface area contributed by atoms with Gasteiger partial charge >= 0.3 is 11.9 Å². The summed E-state index contributed by atoms with van der Waals surface area (Å²) in [4.78, 5) is 24.2. The van der Waals surface area contributed by atoms with Gasteiger partial charge in [0.15, 0.2) is 6.10 Å². The van der Waals surface area contributed by atoms with Crippen LogP contribution in [0.5, 0.6) is 0 Å². The van der Waals surface area contributed by atoms with E-state index in [4.69, 9.17) is 9.47 Å². The smallest absolute Gasteiger partial charge is 0.306 e. The van der Waals surface area contributed by atoms with Crippen LogP contribution in [0.1, 0.15) is 142 Å². The largest absolute Gasteiger partial charge is 0.462 e. The van der Waals surface area contributed by atoms with Crippen molar-refractivity contribution in [2.75, 3.05) is 13.2 Å². The van der Waals surface area contributed by atoms with E-state index >= 15 is 0 Å². The number of unbranched alkanes of at least 4 members (excludes halogenated alkanes) is 9. The first-order valence-electron chi connectivity index (χ1n) is 18.1. The highest BCUT2D eigenvalue weighted by Crippen LogP contribution is 2.10. The zero-order valence-electron chi connectivity index (χ0n) is 29.3. The number of carbonyl (C=O) groups excluding carboxylic acids is 2. The molecule has 0 aliphatic heterocycles. The van der Waals surface area contributed by atoms with Crippen LogP contribution >= 0.6 is 0 Å². The van der Waals surface area contributed by atoms with Gasteiger partial charge in [0.2, 0.25) is 0 Å². The molecule has 1 N–H and O–H groups in total. The molecule has 0 saturated heterocycles. The lowest BCUT2D eigenvalue weighted by Crippen LogP contribution is -2.28. The van der Waals surface area contributed by atoms with E-state index in [9.17, 15) is 14.7 Å². The molecule has 0 aromatic heterocycles. The van der Waals surface area contributed by atoms with Crippen molar-refractivity contribution in [2.24, 2.45) is 0 Å². The topological polar surface area (TPSA) is 72.8 Å². The van der Waals surface area contributed by atoms with Gasteiger partial charge in [0.05, 0.1) is 6.61 Å². The van der Waals surface area contributed by atoms with Gasteiger partial charge in [0, 0.05) is 12.8 Å². The molecule has 0 aliphatic rings. The Labute approximate surface area is 282 Å². The van der Waals surface area contributed by atoms with E-state index in [1.807, 2.05) is 0 Å². The van der Waals surface area contributed by atoms with Gasteiger partial charge in [-0.3, -0.25) is 9.59 Å². The van der Waals surface area contributed by atoms with Gasteiger partial charge in [0.25, 0.3) is 0 Å². The third kappa shape index (κ3) is 34.0. The second-order valence-corrected chi connectivity index (χ2v) is 11.6. The number of ether oxygens (including phenoxy) is 2. The molecule has 0 bridgehead atoms. The van der Waals surface area contributed by atoms with Crippen molar-refractivity contribution in [1.82, 2.24) is 0 Å². The summed E-state index contributed by atoms with van der Waals surface area (Å²) in [5.41, 5.74) is 0. The molecule has 0 heterocycles. The molecule has 0 unspecified atom stereocenters. The fraction of sp³-hybridized carbons (Fsp3) is 0.610. The molecule has 0 fully saturated rings. The predicted octanol–water partition coefficient (Wildman–Crippen LogP) is 11.2. The molecule has 0 radical (unpaired) electrons. The Morgan fingerprint density at radius 1 is 0.522 bits per heavy atom. The summed E-state index contributed by atoms with van der Waals surface area (Å²) in [5.74, 6) is -0.685. The van der Waals surface area contributed by atoms with Crippen LogP contribution in [-0.2, 0) is 19.1 Å². The maximum Gasteiger partial charge on any atom is 0.306 e. The van der Waals surface area contributed by atoms with Crippen LogP contribution in [0, 0.1) is 0 Å². The molecule has 5 heteroatoms. The van der Waals surface area contributed by atoms with Crippen LogP contribution < -0.4 is 0 Å². The summed E-state index contributed by atoms with van der Waals surface area (Å²) in [7, 11) is 0. The zero-order chi connectivity index (χ0) is 33.6. The van der Waals surface area contributed by atoms with Crippen LogP contribution in [0.3, 0.4) is 0 Å². The van der Waals surface area contributed by atoms with E-state index in [2.05, 4.69) is 98.9 Å².